The van der Waals surface area contributed by atoms with Gasteiger partial charge in [-0.15, -0.1) is 0 Å². The molecule has 0 fully saturated rings. The van der Waals surface area contributed by atoms with Gasteiger partial charge in [0.05, 0.1) is 6.61 Å². The predicted octanol–water partition coefficient (Wildman–Crippen LogP) is 6.22. The molecule has 0 radical (unpaired) electrons. The third kappa shape index (κ3) is 6.02. The van der Waals surface area contributed by atoms with Crippen molar-refractivity contribution in [1.82, 2.24) is 4.98 Å². The molecule has 0 aliphatic carbocycles. The summed E-state index contributed by atoms with van der Waals surface area (Å²) in [5.41, 5.74) is 3.61. The van der Waals surface area contributed by atoms with Gasteiger partial charge in [0.25, 0.3) is 0 Å². The van der Waals surface area contributed by atoms with Crippen LogP contribution in [0.15, 0.2) is 59.0 Å². The molecule has 3 aromatic carbocycles. The van der Waals surface area contributed by atoms with E-state index in [1.165, 1.54) is 0 Å². The number of rotatable bonds is 13. The fourth-order valence-electron chi connectivity index (χ4n) is 4.52. The Hall–Kier alpha value is -4.07. The highest BCUT2D eigenvalue weighted by Crippen LogP contribution is 2.33. The molecule has 0 aliphatic rings. The second kappa shape index (κ2) is 11.8. The van der Waals surface area contributed by atoms with E-state index in [0.29, 0.717) is 31.8 Å². The molecular formula is C29H32N2O6. The van der Waals surface area contributed by atoms with E-state index in [-0.39, 0.29) is 6.42 Å². The summed E-state index contributed by atoms with van der Waals surface area (Å²) in [6.45, 7) is 6.58. The van der Waals surface area contributed by atoms with Gasteiger partial charge >= 0.3 is 11.9 Å². The van der Waals surface area contributed by atoms with Gasteiger partial charge in [-0.3, -0.25) is 9.59 Å². The zero-order valence-electron chi connectivity index (χ0n) is 21.1. The number of ether oxygens (including phenoxy) is 1. The van der Waals surface area contributed by atoms with E-state index in [9.17, 15) is 9.59 Å². The number of carbonyl (C=O) groups is 2. The van der Waals surface area contributed by atoms with Gasteiger partial charge in [-0.25, -0.2) is 4.98 Å². The molecule has 0 spiro atoms. The summed E-state index contributed by atoms with van der Waals surface area (Å²) in [6, 6.07) is 18.0. The van der Waals surface area contributed by atoms with Crippen LogP contribution in [-0.4, -0.2) is 46.8 Å². The summed E-state index contributed by atoms with van der Waals surface area (Å²) in [7, 11) is 0. The summed E-state index contributed by atoms with van der Waals surface area (Å²) in [4.78, 5) is 28.9. The van der Waals surface area contributed by atoms with Crippen molar-refractivity contribution in [2.45, 2.75) is 39.5 Å². The third-order valence-corrected chi connectivity index (χ3v) is 6.58. The number of oxazole rings is 1. The Morgan fingerprint density at radius 1 is 0.973 bits per heavy atom. The van der Waals surface area contributed by atoms with E-state index in [1.54, 1.807) is 0 Å². The largest absolute Gasteiger partial charge is 0.494 e. The predicted molar refractivity (Wildman–Crippen MR) is 143 cm³/mol. The van der Waals surface area contributed by atoms with Crippen LogP contribution in [-0.2, 0) is 9.59 Å². The molecule has 0 amide bonds. The Morgan fingerprint density at radius 2 is 1.76 bits per heavy atom. The van der Waals surface area contributed by atoms with Crippen molar-refractivity contribution in [1.29, 1.82) is 0 Å². The number of anilines is 1. The average Bonchev–Trinajstić information content (AvgIpc) is 3.31. The molecule has 0 atom stereocenters. The van der Waals surface area contributed by atoms with E-state index in [0.717, 1.165) is 52.0 Å². The van der Waals surface area contributed by atoms with E-state index in [1.807, 2.05) is 48.5 Å². The summed E-state index contributed by atoms with van der Waals surface area (Å²) in [6.07, 6.45) is 2.05. The highest BCUT2D eigenvalue weighted by molar-refractivity contribution is 5.96. The van der Waals surface area contributed by atoms with Gasteiger partial charge in [0, 0.05) is 30.4 Å². The molecule has 0 aliphatic heterocycles. The summed E-state index contributed by atoms with van der Waals surface area (Å²) < 4.78 is 12.1. The van der Waals surface area contributed by atoms with Crippen LogP contribution in [0.2, 0.25) is 0 Å². The van der Waals surface area contributed by atoms with Crippen LogP contribution < -0.4 is 9.64 Å². The van der Waals surface area contributed by atoms with Crippen molar-refractivity contribution in [2.75, 3.05) is 24.6 Å². The molecule has 0 saturated carbocycles. The van der Waals surface area contributed by atoms with Crippen molar-refractivity contribution >= 4 is 39.5 Å². The molecule has 4 aromatic rings. The molecule has 4 rings (SSSR count). The topological polar surface area (TPSA) is 113 Å². The van der Waals surface area contributed by atoms with E-state index in [2.05, 4.69) is 24.8 Å². The van der Waals surface area contributed by atoms with Crippen LogP contribution in [0.4, 0.5) is 5.69 Å². The number of hydrogen-bond acceptors (Lipinski definition) is 6. The zero-order valence-corrected chi connectivity index (χ0v) is 21.1. The molecule has 37 heavy (non-hydrogen) atoms. The second-order valence-corrected chi connectivity index (χ2v) is 8.96. The van der Waals surface area contributed by atoms with Gasteiger partial charge in [0.2, 0.25) is 5.89 Å². The summed E-state index contributed by atoms with van der Waals surface area (Å²) in [5.74, 6) is -2.61. The Morgan fingerprint density at radius 3 is 2.49 bits per heavy atom. The first-order chi connectivity index (χ1) is 17.9. The van der Waals surface area contributed by atoms with Gasteiger partial charge in [-0.2, -0.15) is 0 Å². The lowest BCUT2D eigenvalue weighted by Gasteiger charge is -2.20. The van der Waals surface area contributed by atoms with Crippen LogP contribution in [0.5, 0.6) is 5.75 Å². The number of carboxylic acid groups (broad SMARTS) is 2. The van der Waals surface area contributed by atoms with Crippen LogP contribution in [0.1, 0.15) is 39.5 Å². The monoisotopic (exact) mass is 504 g/mol. The van der Waals surface area contributed by atoms with Crippen molar-refractivity contribution in [3.8, 4) is 17.2 Å². The van der Waals surface area contributed by atoms with Gasteiger partial charge in [0.15, 0.2) is 11.5 Å². The highest BCUT2D eigenvalue weighted by Gasteiger charge is 2.24. The highest BCUT2D eigenvalue weighted by atomic mass is 16.5. The van der Waals surface area contributed by atoms with Crippen molar-refractivity contribution in [3.05, 3.63) is 54.6 Å². The fourth-order valence-corrected chi connectivity index (χ4v) is 4.52. The summed E-state index contributed by atoms with van der Waals surface area (Å²) >= 11 is 0. The molecule has 1 aromatic heterocycles. The normalized spacial score (nSPS) is 11.3. The SMILES string of the molecule is CCN(CC)c1ccc2nc(-c3cccc4cc(OCCCCCC(C(=O)O)C(=O)O)ccc34)oc2c1. The smallest absolute Gasteiger partial charge is 0.317 e. The quantitative estimate of drug-likeness (QED) is 0.163. The summed E-state index contributed by atoms with van der Waals surface area (Å²) in [5, 5.41) is 19.9. The maximum absolute atomic E-state index is 11.0. The van der Waals surface area contributed by atoms with Crippen molar-refractivity contribution in [2.24, 2.45) is 5.92 Å². The Balaban J connectivity index is 1.42. The maximum Gasteiger partial charge on any atom is 0.317 e. The fraction of sp³-hybridized carbons (Fsp3) is 0.345. The maximum atomic E-state index is 11.0. The number of benzene rings is 3. The minimum atomic E-state index is -1.35. The third-order valence-electron chi connectivity index (χ3n) is 6.58. The number of nitrogens with zero attached hydrogens (tertiary/aromatic N) is 2. The van der Waals surface area contributed by atoms with Gasteiger partial charge in [-0.1, -0.05) is 25.0 Å². The Labute approximate surface area is 215 Å². The lowest BCUT2D eigenvalue weighted by atomic mass is 10.0. The lowest BCUT2D eigenvalue weighted by molar-refractivity contribution is -0.154. The zero-order chi connectivity index (χ0) is 26.4. The Kier molecular flexibility index (Phi) is 8.28. The number of carboxylic acids is 2. The molecule has 2 N–H and O–H groups in total. The van der Waals surface area contributed by atoms with E-state index >= 15 is 0 Å². The average molecular weight is 505 g/mol. The standard InChI is InChI=1S/C29H32N2O6/c1-3-31(4-2)20-12-15-25-26(18-20)37-27(30-25)23-11-8-9-19-17-21(13-14-22(19)23)36-16-7-5-6-10-24(28(32)33)29(34)35/h8-9,11-15,17-18,24H,3-7,10,16H2,1-2H3,(H,32,33)(H,34,35). The molecule has 0 saturated heterocycles. The molecule has 8 nitrogen and oxygen atoms in total. The molecule has 1 heterocycles. The van der Waals surface area contributed by atoms with Gasteiger partial charge in [0.1, 0.15) is 11.3 Å². The van der Waals surface area contributed by atoms with Gasteiger partial charge < -0.3 is 24.3 Å². The van der Waals surface area contributed by atoms with Crippen molar-refractivity contribution < 1.29 is 29.0 Å². The number of aromatic nitrogens is 1. The van der Waals surface area contributed by atoms with E-state index < -0.39 is 17.9 Å². The first kappa shape index (κ1) is 26.0. The van der Waals surface area contributed by atoms with Crippen LogP contribution in [0.3, 0.4) is 0 Å². The number of aliphatic carboxylic acids is 2. The molecular weight excluding hydrogens is 472 g/mol. The first-order valence-corrected chi connectivity index (χ1v) is 12.7. The van der Waals surface area contributed by atoms with Crippen LogP contribution >= 0.6 is 0 Å². The second-order valence-electron chi connectivity index (χ2n) is 8.96. The van der Waals surface area contributed by atoms with E-state index in [4.69, 9.17) is 24.4 Å². The molecule has 194 valence electrons. The minimum absolute atomic E-state index is 0.121. The Bertz CT molecular complexity index is 1380. The minimum Gasteiger partial charge on any atom is -0.494 e. The van der Waals surface area contributed by atoms with Crippen molar-refractivity contribution in [3.63, 3.8) is 0 Å². The lowest BCUT2D eigenvalue weighted by Crippen LogP contribution is -2.23. The van der Waals surface area contributed by atoms with Crippen LogP contribution in [0.25, 0.3) is 33.3 Å². The number of unbranched alkanes of at least 4 members (excludes halogenated alkanes) is 2. The molecule has 8 heteroatoms. The van der Waals surface area contributed by atoms with Crippen LogP contribution in [0, 0.1) is 5.92 Å². The first-order valence-electron chi connectivity index (χ1n) is 12.7. The molecule has 0 unspecified atom stereocenters. The number of hydrogen-bond donors (Lipinski definition) is 2. The molecule has 0 bridgehead atoms. The van der Waals surface area contributed by atoms with Gasteiger partial charge in [-0.05, 0) is 73.9 Å². The number of fused-ring (bicyclic) bond motifs is 2.